The summed E-state index contributed by atoms with van der Waals surface area (Å²) in [5.41, 5.74) is 0. The molecule has 0 unspecified atom stereocenters. The van der Waals surface area contributed by atoms with Crippen LogP contribution in [0.15, 0.2) is 0 Å². The van der Waals surface area contributed by atoms with Gasteiger partial charge in [0.25, 0.3) is 0 Å². The maximum atomic E-state index is 8.55. The van der Waals surface area contributed by atoms with Crippen molar-refractivity contribution in [3.8, 4) is 0 Å². The van der Waals surface area contributed by atoms with E-state index in [9.17, 15) is 0 Å². The van der Waals surface area contributed by atoms with Gasteiger partial charge in [-0.3, -0.25) is 0 Å². The van der Waals surface area contributed by atoms with Crippen molar-refractivity contribution in [1.82, 2.24) is 0 Å². The van der Waals surface area contributed by atoms with Gasteiger partial charge in [0.05, 0.1) is 0 Å². The van der Waals surface area contributed by atoms with Crippen LogP contribution in [0, 0.1) is 0 Å². The minimum atomic E-state index is -5.39. The van der Waals surface area contributed by atoms with Crippen LogP contribution in [0.1, 0.15) is 0 Å². The molecule has 0 amide bonds. The SMILES string of the molecule is O=P([O-])([O-])[O-].[Al+3].[B]. The summed E-state index contributed by atoms with van der Waals surface area (Å²) in [5, 5.41) is 0. The van der Waals surface area contributed by atoms with Gasteiger partial charge in [-0.25, -0.2) is 0 Å². The molecule has 0 saturated heterocycles. The van der Waals surface area contributed by atoms with Crippen molar-refractivity contribution >= 4 is 33.6 Å². The Hall–Kier alpha value is 0.707. The van der Waals surface area contributed by atoms with Crippen LogP contribution in [0.4, 0.5) is 0 Å². The maximum absolute atomic E-state index is 8.55. The summed E-state index contributed by atoms with van der Waals surface area (Å²) in [4.78, 5) is 25.6. The van der Waals surface area contributed by atoms with Crippen molar-refractivity contribution in [3.63, 3.8) is 0 Å². The van der Waals surface area contributed by atoms with Crippen molar-refractivity contribution in [1.29, 1.82) is 0 Å². The Morgan fingerprint density at radius 2 is 1.14 bits per heavy atom. The molecular formula is AlBO4P. The zero-order valence-corrected chi connectivity index (χ0v) is 5.28. The van der Waals surface area contributed by atoms with Gasteiger partial charge >= 0.3 is 17.4 Å². The average Bonchev–Trinajstić information content (AvgIpc) is 0.722. The number of hydrogen-bond acceptors (Lipinski definition) is 4. The second kappa shape index (κ2) is 4.86. The summed E-state index contributed by atoms with van der Waals surface area (Å²) in [6.45, 7) is 0. The average molecular weight is 133 g/mol. The van der Waals surface area contributed by atoms with Gasteiger partial charge in [-0.15, -0.1) is 0 Å². The third-order valence-corrected chi connectivity index (χ3v) is 0. The van der Waals surface area contributed by atoms with Crippen LogP contribution in [0.2, 0.25) is 0 Å². The van der Waals surface area contributed by atoms with Gasteiger partial charge in [-0.1, -0.05) is 0 Å². The van der Waals surface area contributed by atoms with E-state index >= 15 is 0 Å². The van der Waals surface area contributed by atoms with E-state index < -0.39 is 7.82 Å². The zero-order valence-electron chi connectivity index (χ0n) is 3.23. The minimum Gasteiger partial charge on any atom is -0.822 e. The number of phosphoric acid groups is 1. The first kappa shape index (κ1) is 15.6. The second-order valence-electron chi connectivity index (χ2n) is 0.447. The van der Waals surface area contributed by atoms with Crippen molar-refractivity contribution in [2.24, 2.45) is 0 Å². The standard InChI is InChI=1S/Al.B.H3O4P/c;;1-5(2,3)4/h;;(H3,1,2,3,4)/q+3;;/p-3. The molecule has 0 atom stereocenters. The molecule has 0 heterocycles. The molecule has 4 nitrogen and oxygen atoms in total. The van der Waals surface area contributed by atoms with Gasteiger partial charge in [0.1, 0.15) is 0 Å². The second-order valence-corrected chi connectivity index (χ2v) is 1.34. The molecule has 3 radical (unpaired) electrons. The maximum Gasteiger partial charge on any atom is 3.00 e. The van der Waals surface area contributed by atoms with Gasteiger partial charge in [0.15, 0.2) is 0 Å². The molecule has 0 rings (SSSR count). The van der Waals surface area contributed by atoms with Crippen LogP contribution in [-0.4, -0.2) is 25.8 Å². The molecule has 0 aliphatic rings. The topological polar surface area (TPSA) is 86.2 Å². The molecule has 35 valence electrons. The molecule has 0 fully saturated rings. The van der Waals surface area contributed by atoms with Gasteiger partial charge in [-0.05, 0) is 0 Å². The van der Waals surface area contributed by atoms with Crippen LogP contribution in [0.25, 0.3) is 0 Å². The Bertz CT molecular complexity index is 57.8. The Morgan fingerprint density at radius 3 is 1.14 bits per heavy atom. The molecule has 0 spiro atoms. The summed E-state index contributed by atoms with van der Waals surface area (Å²) >= 11 is 0. The molecule has 0 aromatic rings. The van der Waals surface area contributed by atoms with Crippen molar-refractivity contribution in [2.75, 3.05) is 0 Å². The third-order valence-electron chi connectivity index (χ3n) is 0. The van der Waals surface area contributed by atoms with E-state index in [-0.39, 0.29) is 25.8 Å². The van der Waals surface area contributed by atoms with Crippen LogP contribution in [0.5, 0.6) is 0 Å². The fourth-order valence-electron chi connectivity index (χ4n) is 0. The Morgan fingerprint density at radius 1 is 1.14 bits per heavy atom. The van der Waals surface area contributed by atoms with E-state index in [2.05, 4.69) is 0 Å². The first-order valence-corrected chi connectivity index (χ1v) is 2.19. The van der Waals surface area contributed by atoms with Crippen molar-refractivity contribution in [3.05, 3.63) is 0 Å². The van der Waals surface area contributed by atoms with E-state index in [1.54, 1.807) is 0 Å². The van der Waals surface area contributed by atoms with Crippen LogP contribution < -0.4 is 14.7 Å². The molecule has 7 heavy (non-hydrogen) atoms. The van der Waals surface area contributed by atoms with E-state index in [1.165, 1.54) is 0 Å². The van der Waals surface area contributed by atoms with E-state index in [1.807, 2.05) is 0 Å². The van der Waals surface area contributed by atoms with Gasteiger partial charge < -0.3 is 19.2 Å². The summed E-state index contributed by atoms with van der Waals surface area (Å²) in [5.74, 6) is 0. The Labute approximate surface area is 53.5 Å². The fourth-order valence-corrected chi connectivity index (χ4v) is 0. The third kappa shape index (κ3) is 297. The minimum absolute atomic E-state index is 0. The van der Waals surface area contributed by atoms with Crippen molar-refractivity contribution in [2.45, 2.75) is 0 Å². The first-order valence-electron chi connectivity index (χ1n) is 0.730. The molecule has 0 aliphatic carbocycles. The van der Waals surface area contributed by atoms with Crippen LogP contribution >= 0.6 is 7.82 Å². The molecule has 0 aliphatic heterocycles. The normalized spacial score (nSPS) is 8.43. The number of rotatable bonds is 0. The predicted molar refractivity (Wildman–Crippen MR) is 19.1 cm³/mol. The van der Waals surface area contributed by atoms with E-state index in [4.69, 9.17) is 19.2 Å². The molecule has 7 heteroatoms. The van der Waals surface area contributed by atoms with E-state index in [0.29, 0.717) is 0 Å². The smallest absolute Gasteiger partial charge is 0.822 e. The Kier molecular flexibility index (Phi) is 10.9. The molecule has 0 bridgehead atoms. The van der Waals surface area contributed by atoms with E-state index in [0.717, 1.165) is 0 Å². The molecule has 0 saturated carbocycles. The molecule has 0 aromatic carbocycles. The zero-order chi connectivity index (χ0) is 4.50. The summed E-state index contributed by atoms with van der Waals surface area (Å²) in [6.07, 6.45) is 0. The van der Waals surface area contributed by atoms with Crippen LogP contribution in [0.3, 0.4) is 0 Å². The fraction of sp³-hybridized carbons (Fsp3) is 0. The van der Waals surface area contributed by atoms with Gasteiger partial charge in [-0.2, -0.15) is 7.82 Å². The molecule has 0 aromatic heterocycles. The molecular weight excluding hydrogens is 133 g/mol. The monoisotopic (exact) mass is 133 g/mol. The molecule has 0 N–H and O–H groups in total. The Balaban J connectivity index is -0.0000000800. The predicted octanol–water partition coefficient (Wildman–Crippen LogP) is -3.59. The number of hydrogen-bond donors (Lipinski definition) is 0. The summed E-state index contributed by atoms with van der Waals surface area (Å²) in [6, 6.07) is 0. The van der Waals surface area contributed by atoms with Gasteiger partial charge in [0.2, 0.25) is 0 Å². The van der Waals surface area contributed by atoms with Crippen LogP contribution in [-0.2, 0) is 4.57 Å². The summed E-state index contributed by atoms with van der Waals surface area (Å²) in [7, 11) is -5.39. The summed E-state index contributed by atoms with van der Waals surface area (Å²) < 4.78 is 8.55. The van der Waals surface area contributed by atoms with Crippen molar-refractivity contribution < 1.29 is 19.2 Å². The largest absolute Gasteiger partial charge is 3.00 e. The van der Waals surface area contributed by atoms with Gasteiger partial charge in [0, 0.05) is 8.41 Å². The first-order chi connectivity index (χ1) is 2.00. The quantitative estimate of drug-likeness (QED) is 0.252.